The highest BCUT2D eigenvalue weighted by molar-refractivity contribution is 7.10. The molecule has 1 atom stereocenters. The van der Waals surface area contributed by atoms with Gasteiger partial charge in [0, 0.05) is 22.4 Å². The van der Waals surface area contributed by atoms with Crippen molar-refractivity contribution in [1.29, 1.82) is 0 Å². The first kappa shape index (κ1) is 15.6. The van der Waals surface area contributed by atoms with Gasteiger partial charge in [0.05, 0.1) is 6.54 Å². The third-order valence-electron chi connectivity index (χ3n) is 4.17. The quantitative estimate of drug-likeness (QED) is 0.707. The van der Waals surface area contributed by atoms with E-state index in [9.17, 15) is 9.90 Å². The molecule has 1 saturated carbocycles. The van der Waals surface area contributed by atoms with E-state index in [1.54, 1.807) is 6.07 Å². The normalized spacial score (nSPS) is 16.7. The van der Waals surface area contributed by atoms with E-state index in [0.29, 0.717) is 5.92 Å². The average Bonchev–Trinajstić information content (AvgIpc) is 3.12. The molecule has 0 aliphatic heterocycles. The van der Waals surface area contributed by atoms with Gasteiger partial charge in [0.2, 0.25) is 0 Å². The lowest BCUT2D eigenvalue weighted by Crippen LogP contribution is -2.41. The predicted molar refractivity (Wildman–Crippen MR) is 92.4 cm³/mol. The van der Waals surface area contributed by atoms with Gasteiger partial charge in [-0.1, -0.05) is 11.2 Å². The molecule has 4 rings (SSSR count). The zero-order valence-electron chi connectivity index (χ0n) is 12.8. The highest BCUT2D eigenvalue weighted by Gasteiger charge is 2.34. The van der Waals surface area contributed by atoms with Crippen molar-refractivity contribution in [3.63, 3.8) is 0 Å². The average molecular weight is 360 g/mol. The van der Waals surface area contributed by atoms with Crippen LogP contribution < -0.4 is 5.32 Å². The SMILES string of the molecule is O=C(NCC(O)(c1ccsc1)c1cccs1)c1cc(C2CC2)on1. The lowest BCUT2D eigenvalue weighted by Gasteiger charge is -2.26. The molecule has 5 nitrogen and oxygen atoms in total. The van der Waals surface area contributed by atoms with E-state index in [1.807, 2.05) is 34.3 Å². The molecule has 24 heavy (non-hydrogen) atoms. The van der Waals surface area contributed by atoms with Crippen molar-refractivity contribution in [3.8, 4) is 0 Å². The summed E-state index contributed by atoms with van der Waals surface area (Å²) in [5.41, 5.74) is -0.211. The maximum atomic E-state index is 12.3. The molecule has 1 aliphatic rings. The summed E-state index contributed by atoms with van der Waals surface area (Å²) >= 11 is 2.97. The Morgan fingerprint density at radius 3 is 2.96 bits per heavy atom. The molecule has 0 aromatic carbocycles. The number of nitrogens with one attached hydrogen (secondary N) is 1. The van der Waals surface area contributed by atoms with Crippen LogP contribution in [0.2, 0.25) is 0 Å². The molecule has 1 unspecified atom stereocenters. The van der Waals surface area contributed by atoms with Gasteiger partial charge in [-0.3, -0.25) is 4.79 Å². The van der Waals surface area contributed by atoms with Crippen LogP contribution in [0.5, 0.6) is 0 Å². The monoisotopic (exact) mass is 360 g/mol. The maximum Gasteiger partial charge on any atom is 0.273 e. The highest BCUT2D eigenvalue weighted by atomic mass is 32.1. The lowest BCUT2D eigenvalue weighted by atomic mass is 9.94. The molecular weight excluding hydrogens is 344 g/mol. The number of hydrogen-bond acceptors (Lipinski definition) is 6. The van der Waals surface area contributed by atoms with Gasteiger partial charge in [-0.05, 0) is 41.1 Å². The van der Waals surface area contributed by atoms with E-state index in [-0.39, 0.29) is 18.1 Å². The summed E-state index contributed by atoms with van der Waals surface area (Å²) in [5, 5.41) is 23.5. The van der Waals surface area contributed by atoms with Crippen LogP contribution in [0.4, 0.5) is 0 Å². The Bertz CT molecular complexity index is 786. The third kappa shape index (κ3) is 2.90. The Balaban J connectivity index is 1.51. The fraction of sp³-hybridized carbons (Fsp3) is 0.294. The molecule has 3 aromatic heterocycles. The summed E-state index contributed by atoms with van der Waals surface area (Å²) < 4.78 is 5.22. The summed E-state index contributed by atoms with van der Waals surface area (Å²) in [6.07, 6.45) is 2.18. The number of aromatic nitrogens is 1. The summed E-state index contributed by atoms with van der Waals surface area (Å²) in [5.74, 6) is 0.843. The number of thiophene rings is 2. The molecule has 1 fully saturated rings. The molecule has 0 radical (unpaired) electrons. The van der Waals surface area contributed by atoms with Crippen LogP contribution in [0.1, 0.15) is 45.4 Å². The first-order valence-corrected chi connectivity index (χ1v) is 9.53. The van der Waals surface area contributed by atoms with Crippen LogP contribution >= 0.6 is 22.7 Å². The second-order valence-electron chi connectivity index (χ2n) is 5.92. The first-order valence-electron chi connectivity index (χ1n) is 7.70. The van der Waals surface area contributed by atoms with Crippen LogP contribution in [0.3, 0.4) is 0 Å². The summed E-state index contributed by atoms with van der Waals surface area (Å²) in [6.45, 7) is 0.0781. The molecule has 0 bridgehead atoms. The zero-order valence-corrected chi connectivity index (χ0v) is 14.4. The van der Waals surface area contributed by atoms with Crippen LogP contribution in [-0.2, 0) is 5.60 Å². The molecule has 7 heteroatoms. The number of carbonyl (C=O) groups excluding carboxylic acids is 1. The van der Waals surface area contributed by atoms with Crippen LogP contribution in [0.15, 0.2) is 44.9 Å². The molecular formula is C17H16N2O3S2. The number of amides is 1. The van der Waals surface area contributed by atoms with E-state index in [4.69, 9.17) is 4.52 Å². The molecule has 3 heterocycles. The number of carbonyl (C=O) groups is 1. The van der Waals surface area contributed by atoms with Gasteiger partial charge in [-0.15, -0.1) is 11.3 Å². The van der Waals surface area contributed by atoms with E-state index >= 15 is 0 Å². The third-order valence-corrected chi connectivity index (χ3v) is 5.88. The molecule has 3 aromatic rings. The van der Waals surface area contributed by atoms with Crippen molar-refractivity contribution in [1.82, 2.24) is 10.5 Å². The summed E-state index contributed by atoms with van der Waals surface area (Å²) in [7, 11) is 0. The predicted octanol–water partition coefficient (Wildman–Crippen LogP) is 3.34. The van der Waals surface area contributed by atoms with Crippen molar-refractivity contribution in [2.75, 3.05) is 6.54 Å². The minimum absolute atomic E-state index is 0.0781. The minimum Gasteiger partial charge on any atom is -0.378 e. The fourth-order valence-corrected chi connectivity index (χ4v) is 4.17. The van der Waals surface area contributed by atoms with Crippen LogP contribution in [0, 0.1) is 0 Å². The van der Waals surface area contributed by atoms with Gasteiger partial charge in [0.15, 0.2) is 5.69 Å². The number of aliphatic hydroxyl groups is 1. The van der Waals surface area contributed by atoms with E-state index < -0.39 is 5.60 Å². The Kier molecular flexibility index (Phi) is 3.99. The molecule has 0 spiro atoms. The second-order valence-corrected chi connectivity index (χ2v) is 7.65. The standard InChI is InChI=1S/C17H16N2O3S2/c20-16(13-8-14(22-19-13)11-3-4-11)18-10-17(21,12-5-7-23-9-12)15-2-1-6-24-15/h1-2,5-9,11,21H,3-4,10H2,(H,18,20). The van der Waals surface area contributed by atoms with Crippen molar-refractivity contribution in [2.24, 2.45) is 0 Å². The van der Waals surface area contributed by atoms with Crippen molar-refractivity contribution in [2.45, 2.75) is 24.4 Å². The fourth-order valence-electron chi connectivity index (χ4n) is 2.60. The van der Waals surface area contributed by atoms with Crippen molar-refractivity contribution < 1.29 is 14.4 Å². The number of nitrogens with zero attached hydrogens (tertiary/aromatic N) is 1. The number of rotatable bonds is 6. The van der Waals surface area contributed by atoms with Crippen LogP contribution in [0.25, 0.3) is 0 Å². The summed E-state index contributed by atoms with van der Waals surface area (Å²) in [6, 6.07) is 7.33. The van der Waals surface area contributed by atoms with Gasteiger partial charge >= 0.3 is 0 Å². The largest absolute Gasteiger partial charge is 0.378 e. The number of hydrogen-bond donors (Lipinski definition) is 2. The van der Waals surface area contributed by atoms with E-state index in [1.165, 1.54) is 22.7 Å². The van der Waals surface area contributed by atoms with Crippen molar-refractivity contribution >= 4 is 28.6 Å². The van der Waals surface area contributed by atoms with Gasteiger partial charge in [-0.2, -0.15) is 11.3 Å². The topological polar surface area (TPSA) is 75.4 Å². The molecule has 2 N–H and O–H groups in total. The maximum absolute atomic E-state index is 12.3. The van der Waals surface area contributed by atoms with Crippen molar-refractivity contribution in [3.05, 3.63) is 62.3 Å². The smallest absolute Gasteiger partial charge is 0.273 e. The van der Waals surface area contributed by atoms with Gasteiger partial charge < -0.3 is 14.9 Å². The van der Waals surface area contributed by atoms with Crippen LogP contribution in [-0.4, -0.2) is 22.7 Å². The highest BCUT2D eigenvalue weighted by Crippen LogP contribution is 2.40. The Labute approximate surface area is 146 Å². The lowest BCUT2D eigenvalue weighted by molar-refractivity contribution is 0.0716. The summed E-state index contributed by atoms with van der Waals surface area (Å²) in [4.78, 5) is 13.1. The molecule has 0 saturated heterocycles. The van der Waals surface area contributed by atoms with Gasteiger partial charge in [0.25, 0.3) is 5.91 Å². The Morgan fingerprint density at radius 2 is 2.29 bits per heavy atom. The Morgan fingerprint density at radius 1 is 1.42 bits per heavy atom. The minimum atomic E-state index is -1.24. The second kappa shape index (κ2) is 6.16. The van der Waals surface area contributed by atoms with Gasteiger partial charge in [0.1, 0.15) is 11.4 Å². The first-order chi connectivity index (χ1) is 11.7. The molecule has 124 valence electrons. The van der Waals surface area contributed by atoms with Gasteiger partial charge in [-0.25, -0.2) is 0 Å². The van der Waals surface area contributed by atoms with E-state index in [2.05, 4.69) is 10.5 Å². The zero-order chi connectivity index (χ0) is 16.6. The van der Waals surface area contributed by atoms with E-state index in [0.717, 1.165) is 29.0 Å². The Hall–Kier alpha value is -1.96. The molecule has 1 amide bonds. The molecule has 1 aliphatic carbocycles.